The Labute approximate surface area is 198 Å². The van der Waals surface area contributed by atoms with Gasteiger partial charge in [0.05, 0.1) is 11.0 Å². The van der Waals surface area contributed by atoms with Crippen LogP contribution >= 0.6 is 0 Å². The Morgan fingerprint density at radius 1 is 1.00 bits per heavy atom. The molecule has 6 nitrogen and oxygen atoms in total. The van der Waals surface area contributed by atoms with Crippen molar-refractivity contribution in [2.45, 2.75) is 109 Å². The molecule has 0 unspecified atom stereocenters. The number of carbonyl (C=O) groups excluding carboxylic acids is 2. The zero-order chi connectivity index (χ0) is 23.0. The highest BCUT2D eigenvalue weighted by atomic mass is 16.2. The Morgan fingerprint density at radius 3 is 2.27 bits per heavy atom. The lowest BCUT2D eigenvalue weighted by Crippen LogP contribution is -2.50. The second kappa shape index (κ2) is 11.7. The molecule has 0 radical (unpaired) electrons. The maximum atomic E-state index is 13.9. The van der Waals surface area contributed by atoms with Crippen molar-refractivity contribution in [3.63, 3.8) is 0 Å². The number of amides is 2. The highest BCUT2D eigenvalue weighted by molar-refractivity contribution is 5.81. The fourth-order valence-corrected chi connectivity index (χ4v) is 5.73. The number of nitrogens with one attached hydrogen (secondary N) is 1. The fraction of sp³-hybridized carbons (Fsp3) is 0.667. The summed E-state index contributed by atoms with van der Waals surface area (Å²) in [6, 6.07) is 8.93. The van der Waals surface area contributed by atoms with Gasteiger partial charge in [-0.15, -0.1) is 0 Å². The van der Waals surface area contributed by atoms with Crippen LogP contribution in [0.4, 0.5) is 0 Å². The summed E-state index contributed by atoms with van der Waals surface area (Å²) in [5.74, 6) is 1.29. The molecule has 2 aliphatic carbocycles. The van der Waals surface area contributed by atoms with Gasteiger partial charge in [-0.1, -0.05) is 57.6 Å². The van der Waals surface area contributed by atoms with E-state index in [0.29, 0.717) is 31.6 Å². The molecule has 1 aromatic carbocycles. The van der Waals surface area contributed by atoms with Crippen molar-refractivity contribution in [2.24, 2.45) is 0 Å². The Balaban J connectivity index is 1.53. The lowest BCUT2D eigenvalue weighted by atomic mass is 9.88. The maximum absolute atomic E-state index is 13.9. The summed E-state index contributed by atoms with van der Waals surface area (Å²) in [7, 11) is 0. The molecule has 0 spiro atoms. The molecule has 6 heteroatoms. The first-order valence-corrected chi connectivity index (χ1v) is 13.2. The van der Waals surface area contributed by atoms with Crippen molar-refractivity contribution in [1.82, 2.24) is 19.8 Å². The molecule has 0 aliphatic heterocycles. The molecule has 0 bridgehead atoms. The molecule has 0 saturated heterocycles. The molecule has 180 valence electrons. The normalized spacial score (nSPS) is 17.8. The summed E-state index contributed by atoms with van der Waals surface area (Å²) >= 11 is 0. The van der Waals surface area contributed by atoms with Gasteiger partial charge in [-0.05, 0) is 44.2 Å². The minimum Gasteiger partial charge on any atom is -0.356 e. The molecule has 1 heterocycles. The van der Waals surface area contributed by atoms with Gasteiger partial charge in [-0.25, -0.2) is 4.98 Å². The average Bonchev–Trinajstić information content (AvgIpc) is 3.20. The van der Waals surface area contributed by atoms with Gasteiger partial charge in [-0.2, -0.15) is 0 Å². The van der Waals surface area contributed by atoms with Gasteiger partial charge in [0.2, 0.25) is 11.8 Å². The Bertz CT molecular complexity index is 907. The van der Waals surface area contributed by atoms with E-state index in [1.54, 1.807) is 0 Å². The van der Waals surface area contributed by atoms with Crippen LogP contribution in [-0.2, 0) is 22.6 Å². The van der Waals surface area contributed by atoms with E-state index in [4.69, 9.17) is 4.98 Å². The summed E-state index contributed by atoms with van der Waals surface area (Å²) in [5.41, 5.74) is 1.98. The van der Waals surface area contributed by atoms with Crippen LogP contribution in [-0.4, -0.2) is 44.9 Å². The second-order valence-electron chi connectivity index (χ2n) is 9.79. The number of hydrogen-bond donors (Lipinski definition) is 1. The largest absolute Gasteiger partial charge is 0.356 e. The number of benzene rings is 1. The van der Waals surface area contributed by atoms with E-state index in [2.05, 4.69) is 20.9 Å². The monoisotopic (exact) mass is 452 g/mol. The van der Waals surface area contributed by atoms with Gasteiger partial charge < -0.3 is 14.8 Å². The Morgan fingerprint density at radius 2 is 1.64 bits per heavy atom. The van der Waals surface area contributed by atoms with Crippen molar-refractivity contribution in [2.75, 3.05) is 6.54 Å². The Hall–Kier alpha value is -2.37. The molecule has 2 aromatic rings. The van der Waals surface area contributed by atoms with Crippen LogP contribution in [0.1, 0.15) is 89.8 Å². The van der Waals surface area contributed by atoms with E-state index in [9.17, 15) is 9.59 Å². The van der Waals surface area contributed by atoms with Gasteiger partial charge in [0.1, 0.15) is 12.4 Å². The van der Waals surface area contributed by atoms with Crippen molar-refractivity contribution < 1.29 is 9.59 Å². The van der Waals surface area contributed by atoms with E-state index in [0.717, 1.165) is 55.4 Å². The van der Waals surface area contributed by atoms with Crippen LogP contribution in [0.5, 0.6) is 0 Å². The highest BCUT2D eigenvalue weighted by Gasteiger charge is 2.32. The lowest BCUT2D eigenvalue weighted by Gasteiger charge is -2.42. The molecular formula is C27H40N4O2. The van der Waals surface area contributed by atoms with Crippen molar-refractivity contribution in [3.8, 4) is 0 Å². The van der Waals surface area contributed by atoms with E-state index < -0.39 is 0 Å². The third kappa shape index (κ3) is 5.96. The number of aryl methyl sites for hydroxylation is 1. The van der Waals surface area contributed by atoms with E-state index in [-0.39, 0.29) is 11.8 Å². The zero-order valence-corrected chi connectivity index (χ0v) is 20.2. The number of imidazole rings is 1. The Kier molecular flexibility index (Phi) is 8.40. The third-order valence-corrected chi connectivity index (χ3v) is 7.47. The van der Waals surface area contributed by atoms with Gasteiger partial charge in [0.15, 0.2) is 0 Å². The molecule has 2 saturated carbocycles. The van der Waals surface area contributed by atoms with Crippen molar-refractivity contribution >= 4 is 22.8 Å². The van der Waals surface area contributed by atoms with Crippen LogP contribution in [0.2, 0.25) is 0 Å². The summed E-state index contributed by atoms with van der Waals surface area (Å²) < 4.78 is 2.14. The molecule has 1 aromatic heterocycles. The minimum absolute atomic E-state index is 0.0780. The maximum Gasteiger partial charge on any atom is 0.243 e. The minimum atomic E-state index is 0.0780. The average molecular weight is 453 g/mol. The summed E-state index contributed by atoms with van der Waals surface area (Å²) in [5, 5.41) is 2.95. The number of rotatable bonds is 9. The van der Waals surface area contributed by atoms with Gasteiger partial charge in [0.25, 0.3) is 0 Å². The predicted molar refractivity (Wildman–Crippen MR) is 132 cm³/mol. The number of hydrogen-bond acceptors (Lipinski definition) is 3. The third-order valence-electron chi connectivity index (χ3n) is 7.47. The van der Waals surface area contributed by atoms with Crippen LogP contribution in [0.3, 0.4) is 0 Å². The summed E-state index contributed by atoms with van der Waals surface area (Å²) in [6.45, 7) is 2.87. The van der Waals surface area contributed by atoms with Crippen LogP contribution in [0.15, 0.2) is 24.3 Å². The predicted octanol–water partition coefficient (Wildman–Crippen LogP) is 4.99. The highest BCUT2D eigenvalue weighted by Crippen LogP contribution is 2.31. The zero-order valence-electron chi connectivity index (χ0n) is 20.2. The molecular weight excluding hydrogens is 412 g/mol. The number of para-hydroxylation sites is 2. The first kappa shape index (κ1) is 23.8. The first-order valence-electron chi connectivity index (χ1n) is 13.2. The van der Waals surface area contributed by atoms with E-state index in [1.807, 2.05) is 25.1 Å². The van der Waals surface area contributed by atoms with Crippen LogP contribution in [0.25, 0.3) is 11.0 Å². The second-order valence-corrected chi connectivity index (χ2v) is 9.79. The van der Waals surface area contributed by atoms with Gasteiger partial charge in [-0.3, -0.25) is 9.59 Å². The number of carbonyl (C=O) groups is 2. The van der Waals surface area contributed by atoms with Crippen LogP contribution in [0, 0.1) is 0 Å². The summed E-state index contributed by atoms with van der Waals surface area (Å²) in [4.78, 5) is 32.6. The topological polar surface area (TPSA) is 67.2 Å². The molecule has 4 rings (SSSR count). The number of aromatic nitrogens is 2. The summed E-state index contributed by atoms with van der Waals surface area (Å²) in [6.07, 6.45) is 14.2. The molecule has 33 heavy (non-hydrogen) atoms. The SMILES string of the molecule is CCC(=O)NCCCc1nc2ccccc2n1CC(=O)N(C1CCCCC1)C1CCCCC1. The van der Waals surface area contributed by atoms with E-state index >= 15 is 0 Å². The molecule has 2 fully saturated rings. The quantitative estimate of drug-likeness (QED) is 0.545. The number of nitrogens with zero attached hydrogens (tertiary/aromatic N) is 3. The van der Waals surface area contributed by atoms with Gasteiger partial charge >= 0.3 is 0 Å². The van der Waals surface area contributed by atoms with Crippen molar-refractivity contribution in [1.29, 1.82) is 0 Å². The van der Waals surface area contributed by atoms with E-state index in [1.165, 1.54) is 38.5 Å². The smallest absolute Gasteiger partial charge is 0.243 e. The standard InChI is InChI=1S/C27H40N4O2/c1-2-26(32)28-19-11-18-25-29-23-16-9-10-17-24(23)30(25)20-27(33)31(21-12-5-3-6-13-21)22-14-7-4-8-15-22/h9-10,16-17,21-22H,2-8,11-15,18-20H2,1H3,(H,28,32). The molecule has 2 amide bonds. The first-order chi connectivity index (χ1) is 16.2. The fourth-order valence-electron chi connectivity index (χ4n) is 5.73. The van der Waals surface area contributed by atoms with Gasteiger partial charge in [0, 0.05) is 31.5 Å². The van der Waals surface area contributed by atoms with Crippen LogP contribution < -0.4 is 5.32 Å². The molecule has 1 N–H and O–H groups in total. The number of fused-ring (bicyclic) bond motifs is 1. The lowest BCUT2D eigenvalue weighted by molar-refractivity contribution is -0.138. The van der Waals surface area contributed by atoms with Crippen molar-refractivity contribution in [3.05, 3.63) is 30.1 Å². The molecule has 2 aliphatic rings. The molecule has 0 atom stereocenters.